The predicted octanol–water partition coefficient (Wildman–Crippen LogP) is 2.93. The van der Waals surface area contributed by atoms with E-state index in [9.17, 15) is 0 Å². The lowest BCUT2D eigenvalue weighted by Crippen LogP contribution is -2.18. The summed E-state index contributed by atoms with van der Waals surface area (Å²) in [5.74, 6) is 1.65. The van der Waals surface area contributed by atoms with E-state index in [0.29, 0.717) is 6.61 Å². The van der Waals surface area contributed by atoms with Gasteiger partial charge in [0.2, 0.25) is 0 Å². The molecule has 1 unspecified atom stereocenters. The summed E-state index contributed by atoms with van der Waals surface area (Å²) in [6.07, 6.45) is 2.85. The molecule has 100 valence electrons. The summed E-state index contributed by atoms with van der Waals surface area (Å²) < 4.78 is 11.0. The van der Waals surface area contributed by atoms with E-state index in [4.69, 9.17) is 15.2 Å². The molecular formula is C15H23NO2. The molecule has 0 aliphatic rings. The first-order valence-corrected chi connectivity index (χ1v) is 6.21. The van der Waals surface area contributed by atoms with Crippen molar-refractivity contribution in [3.8, 4) is 11.5 Å². The number of nitrogens with two attached hydrogens (primary N) is 1. The molecule has 3 nitrogen and oxygen atoms in total. The van der Waals surface area contributed by atoms with E-state index in [1.807, 2.05) is 25.1 Å². The maximum Gasteiger partial charge on any atom is 0.126 e. The molecule has 1 atom stereocenters. The van der Waals surface area contributed by atoms with Crippen LogP contribution in [0.4, 0.5) is 0 Å². The number of benzene rings is 1. The normalized spacial score (nSPS) is 11.8. The Morgan fingerprint density at radius 3 is 2.67 bits per heavy atom. The van der Waals surface area contributed by atoms with E-state index in [2.05, 4.69) is 19.9 Å². The SMILES string of the molecule is COc1ccc(CC(C)N)c(OCC=C(C)C)c1. The highest BCUT2D eigenvalue weighted by Gasteiger charge is 2.07. The van der Waals surface area contributed by atoms with E-state index in [0.717, 1.165) is 23.5 Å². The van der Waals surface area contributed by atoms with E-state index >= 15 is 0 Å². The summed E-state index contributed by atoms with van der Waals surface area (Å²) in [7, 11) is 1.65. The molecule has 18 heavy (non-hydrogen) atoms. The Balaban J connectivity index is 2.85. The third-order valence-electron chi connectivity index (χ3n) is 2.55. The van der Waals surface area contributed by atoms with Gasteiger partial charge in [-0.2, -0.15) is 0 Å². The summed E-state index contributed by atoms with van der Waals surface area (Å²) >= 11 is 0. The van der Waals surface area contributed by atoms with Gasteiger partial charge in [-0.05, 0) is 44.9 Å². The largest absolute Gasteiger partial charge is 0.497 e. The van der Waals surface area contributed by atoms with Crippen molar-refractivity contribution in [2.75, 3.05) is 13.7 Å². The van der Waals surface area contributed by atoms with Crippen molar-refractivity contribution in [1.82, 2.24) is 0 Å². The molecule has 1 rings (SSSR count). The van der Waals surface area contributed by atoms with Crippen LogP contribution < -0.4 is 15.2 Å². The minimum atomic E-state index is 0.115. The van der Waals surface area contributed by atoms with Gasteiger partial charge < -0.3 is 15.2 Å². The Morgan fingerprint density at radius 1 is 1.39 bits per heavy atom. The van der Waals surface area contributed by atoms with Gasteiger partial charge in [0.05, 0.1) is 7.11 Å². The summed E-state index contributed by atoms with van der Waals surface area (Å²) in [5, 5.41) is 0. The predicted molar refractivity (Wildman–Crippen MR) is 75.3 cm³/mol. The fourth-order valence-electron chi connectivity index (χ4n) is 1.61. The highest BCUT2D eigenvalue weighted by atomic mass is 16.5. The first kappa shape index (κ1) is 14.6. The van der Waals surface area contributed by atoms with Crippen molar-refractivity contribution in [2.45, 2.75) is 33.2 Å². The number of allylic oxidation sites excluding steroid dienone is 1. The highest BCUT2D eigenvalue weighted by Crippen LogP contribution is 2.25. The topological polar surface area (TPSA) is 44.5 Å². The van der Waals surface area contributed by atoms with Crippen LogP contribution in [0.25, 0.3) is 0 Å². The van der Waals surface area contributed by atoms with Crippen molar-refractivity contribution in [1.29, 1.82) is 0 Å². The second-order valence-corrected chi connectivity index (χ2v) is 4.75. The van der Waals surface area contributed by atoms with Gasteiger partial charge in [0.15, 0.2) is 0 Å². The lowest BCUT2D eigenvalue weighted by Gasteiger charge is -2.13. The zero-order valence-corrected chi connectivity index (χ0v) is 11.7. The molecule has 1 aromatic rings. The van der Waals surface area contributed by atoms with Crippen molar-refractivity contribution < 1.29 is 9.47 Å². The molecule has 0 spiro atoms. The van der Waals surface area contributed by atoms with Crippen LogP contribution in [0.2, 0.25) is 0 Å². The Hall–Kier alpha value is -1.48. The van der Waals surface area contributed by atoms with E-state index in [-0.39, 0.29) is 6.04 Å². The van der Waals surface area contributed by atoms with Gasteiger partial charge in [0.1, 0.15) is 18.1 Å². The molecule has 0 aliphatic heterocycles. The number of rotatable bonds is 6. The molecule has 0 amide bonds. The Labute approximate surface area is 110 Å². The molecule has 2 N–H and O–H groups in total. The van der Waals surface area contributed by atoms with Gasteiger partial charge in [-0.1, -0.05) is 11.6 Å². The molecule has 0 aliphatic carbocycles. The van der Waals surface area contributed by atoms with Gasteiger partial charge in [-0.3, -0.25) is 0 Å². The van der Waals surface area contributed by atoms with Gasteiger partial charge in [0.25, 0.3) is 0 Å². The molecule has 0 saturated carbocycles. The summed E-state index contributed by atoms with van der Waals surface area (Å²) in [6.45, 7) is 6.67. The van der Waals surface area contributed by atoms with Crippen LogP contribution in [-0.4, -0.2) is 19.8 Å². The molecule has 1 aromatic carbocycles. The first-order valence-electron chi connectivity index (χ1n) is 6.21. The fraction of sp³-hybridized carbons (Fsp3) is 0.467. The van der Waals surface area contributed by atoms with Gasteiger partial charge in [0, 0.05) is 12.1 Å². The summed E-state index contributed by atoms with van der Waals surface area (Å²) in [6, 6.07) is 5.98. The minimum Gasteiger partial charge on any atom is -0.497 e. The Bertz CT molecular complexity index is 407. The zero-order valence-electron chi connectivity index (χ0n) is 11.7. The Kier molecular flexibility index (Phi) is 5.72. The van der Waals surface area contributed by atoms with Gasteiger partial charge >= 0.3 is 0 Å². The van der Waals surface area contributed by atoms with E-state index in [1.165, 1.54) is 5.57 Å². The minimum absolute atomic E-state index is 0.115. The van der Waals surface area contributed by atoms with Gasteiger partial charge in [-0.15, -0.1) is 0 Å². The fourth-order valence-corrected chi connectivity index (χ4v) is 1.61. The molecule has 0 radical (unpaired) electrons. The van der Waals surface area contributed by atoms with Crippen molar-refractivity contribution in [3.63, 3.8) is 0 Å². The van der Waals surface area contributed by atoms with Crippen LogP contribution >= 0.6 is 0 Å². The number of hydrogen-bond donors (Lipinski definition) is 1. The third-order valence-corrected chi connectivity index (χ3v) is 2.55. The Morgan fingerprint density at radius 2 is 2.11 bits per heavy atom. The molecule has 0 bridgehead atoms. The molecular weight excluding hydrogens is 226 g/mol. The maximum absolute atomic E-state index is 5.84. The van der Waals surface area contributed by atoms with Crippen LogP contribution in [0.1, 0.15) is 26.3 Å². The lowest BCUT2D eigenvalue weighted by atomic mass is 10.1. The second kappa shape index (κ2) is 7.07. The van der Waals surface area contributed by atoms with Crippen LogP contribution in [0.15, 0.2) is 29.8 Å². The average Bonchev–Trinajstić information content (AvgIpc) is 2.30. The third kappa shape index (κ3) is 4.80. The van der Waals surface area contributed by atoms with Crippen LogP contribution in [0.5, 0.6) is 11.5 Å². The van der Waals surface area contributed by atoms with Crippen molar-refractivity contribution in [3.05, 3.63) is 35.4 Å². The molecule has 0 heterocycles. The van der Waals surface area contributed by atoms with E-state index < -0.39 is 0 Å². The van der Waals surface area contributed by atoms with E-state index in [1.54, 1.807) is 7.11 Å². The monoisotopic (exact) mass is 249 g/mol. The van der Waals surface area contributed by atoms with Crippen LogP contribution in [0.3, 0.4) is 0 Å². The molecule has 0 saturated heterocycles. The number of methoxy groups -OCH3 is 1. The van der Waals surface area contributed by atoms with Crippen molar-refractivity contribution in [2.24, 2.45) is 5.73 Å². The highest BCUT2D eigenvalue weighted by molar-refractivity contribution is 5.41. The average molecular weight is 249 g/mol. The lowest BCUT2D eigenvalue weighted by molar-refractivity contribution is 0.351. The summed E-state index contributed by atoms with van der Waals surface area (Å²) in [5.41, 5.74) is 8.20. The zero-order chi connectivity index (χ0) is 13.5. The first-order chi connectivity index (χ1) is 8.52. The maximum atomic E-state index is 5.84. The quantitative estimate of drug-likeness (QED) is 0.788. The van der Waals surface area contributed by atoms with Gasteiger partial charge in [-0.25, -0.2) is 0 Å². The second-order valence-electron chi connectivity index (χ2n) is 4.75. The smallest absolute Gasteiger partial charge is 0.126 e. The molecule has 3 heteroatoms. The molecule has 0 fully saturated rings. The van der Waals surface area contributed by atoms with Crippen LogP contribution in [0, 0.1) is 0 Å². The summed E-state index contributed by atoms with van der Waals surface area (Å²) in [4.78, 5) is 0. The molecule has 0 aromatic heterocycles. The number of ether oxygens (including phenoxy) is 2. The van der Waals surface area contributed by atoms with Crippen LogP contribution in [-0.2, 0) is 6.42 Å². The number of hydrogen-bond acceptors (Lipinski definition) is 3. The standard InChI is InChI=1S/C15H23NO2/c1-11(2)7-8-18-15-10-14(17-4)6-5-13(15)9-12(3)16/h5-7,10,12H,8-9,16H2,1-4H3. The van der Waals surface area contributed by atoms with Crippen molar-refractivity contribution >= 4 is 0 Å².